The summed E-state index contributed by atoms with van der Waals surface area (Å²) >= 11 is 3.60. The van der Waals surface area contributed by atoms with Crippen molar-refractivity contribution in [2.24, 2.45) is 28.2 Å². The summed E-state index contributed by atoms with van der Waals surface area (Å²) in [6, 6.07) is 4.23. The summed E-state index contributed by atoms with van der Waals surface area (Å²) in [7, 11) is 1.90. The van der Waals surface area contributed by atoms with Crippen molar-refractivity contribution in [2.45, 2.75) is 17.2 Å². The van der Waals surface area contributed by atoms with E-state index in [1.807, 2.05) is 0 Å². The number of benzene rings is 1. The number of rotatable bonds is 5. The Hall–Kier alpha value is -0.920. The number of thioether (sulfide) groups is 1. The molecule has 0 saturated heterocycles. The van der Waals surface area contributed by atoms with Crippen molar-refractivity contribution in [1.29, 1.82) is 0 Å². The first kappa shape index (κ1) is 21.4. The molecule has 0 amide bonds. The van der Waals surface area contributed by atoms with Gasteiger partial charge in [0.1, 0.15) is 5.82 Å². The zero-order valence-electron chi connectivity index (χ0n) is 14.0. The molecule has 1 heterocycles. The van der Waals surface area contributed by atoms with Crippen LogP contribution in [0.4, 0.5) is 14.5 Å². The molecule has 1 aromatic rings. The van der Waals surface area contributed by atoms with Gasteiger partial charge < -0.3 is 22.2 Å². The monoisotopic (exact) mass is 514 g/mol. The second kappa shape index (κ2) is 8.85. The van der Waals surface area contributed by atoms with Crippen LogP contribution < -0.4 is 23.0 Å². The maximum Gasteiger partial charge on any atom is 0.155 e. The average molecular weight is 514 g/mol. The number of anilines is 1. The molecule has 3 atom stereocenters. The highest BCUT2D eigenvalue weighted by Crippen LogP contribution is 2.63. The minimum atomic E-state index is -0.330. The molecule has 3 rings (SSSR count). The van der Waals surface area contributed by atoms with Crippen LogP contribution in [-0.2, 0) is 0 Å². The molecule has 144 valence electrons. The number of nitrogens with two attached hydrogens (primary N) is 4. The van der Waals surface area contributed by atoms with Crippen LogP contribution in [0, 0.1) is 11.7 Å². The molecule has 1 saturated carbocycles. The molecule has 0 spiro atoms. The van der Waals surface area contributed by atoms with Crippen molar-refractivity contribution in [3.8, 4) is 0 Å². The molecule has 6 nitrogen and oxygen atoms in total. The van der Waals surface area contributed by atoms with E-state index in [0.29, 0.717) is 35.2 Å². The Labute approximate surface area is 171 Å². The molecule has 2 aliphatic rings. The van der Waals surface area contributed by atoms with Crippen LogP contribution in [0.25, 0.3) is 0 Å². The van der Waals surface area contributed by atoms with Gasteiger partial charge in [0.2, 0.25) is 0 Å². The van der Waals surface area contributed by atoms with Gasteiger partial charge in [0.25, 0.3) is 0 Å². The lowest BCUT2D eigenvalue weighted by Crippen LogP contribution is -2.38. The minimum absolute atomic E-state index is 0.166. The Morgan fingerprint density at radius 2 is 2.19 bits per heavy atom. The van der Waals surface area contributed by atoms with Crippen molar-refractivity contribution in [3.05, 3.63) is 40.8 Å². The van der Waals surface area contributed by atoms with Crippen LogP contribution in [0.3, 0.4) is 0 Å². The van der Waals surface area contributed by atoms with Gasteiger partial charge in [-0.15, -0.1) is 0 Å². The number of aliphatic imine (C=N–C) groups is 1. The standard InChI is InChI=1S/C14H18FIN6S2.CH3F/c15-10-2-1-7(17)3-8(10)12-9-4-14(9,23-13(19)21-12)6-22(20)5-11(18)24-16;1-2/h1-3,5,9,12H,4,6,17-18,20H2,(H2,19,21);1H3/b11-5+;. The second-order valence-electron chi connectivity index (χ2n) is 5.95. The number of nitrogen functional groups attached to an aromatic ring is 1. The van der Waals surface area contributed by atoms with E-state index in [0.717, 1.165) is 6.42 Å². The van der Waals surface area contributed by atoms with Gasteiger partial charge >= 0.3 is 0 Å². The molecule has 1 fully saturated rings. The predicted octanol–water partition coefficient (Wildman–Crippen LogP) is 2.87. The summed E-state index contributed by atoms with van der Waals surface area (Å²) in [5.41, 5.74) is 18.6. The molecule has 0 bridgehead atoms. The topological polar surface area (TPSA) is 120 Å². The van der Waals surface area contributed by atoms with E-state index >= 15 is 0 Å². The molecule has 0 aromatic heterocycles. The summed E-state index contributed by atoms with van der Waals surface area (Å²) < 4.78 is 23.6. The van der Waals surface area contributed by atoms with E-state index in [-0.39, 0.29) is 22.5 Å². The van der Waals surface area contributed by atoms with Crippen LogP contribution >= 0.6 is 41.9 Å². The zero-order valence-corrected chi connectivity index (χ0v) is 17.8. The minimum Gasteiger partial charge on any atom is -0.399 e. The van der Waals surface area contributed by atoms with E-state index in [4.69, 9.17) is 23.0 Å². The number of hydrazine groups is 1. The average Bonchev–Trinajstić information content (AvgIpc) is 3.31. The number of halogens is 3. The SMILES string of the molecule is CF.NC1=NC(c2cc(N)ccc2F)C2CC2(CN(N)/C=C(\N)SI)S1. The lowest BCUT2D eigenvalue weighted by atomic mass is 10.00. The highest BCUT2D eigenvalue weighted by atomic mass is 127. The van der Waals surface area contributed by atoms with Crippen molar-refractivity contribution < 1.29 is 8.78 Å². The van der Waals surface area contributed by atoms with Gasteiger partial charge in [0.15, 0.2) is 5.17 Å². The molecule has 1 aliphatic heterocycles. The van der Waals surface area contributed by atoms with Crippen molar-refractivity contribution in [3.63, 3.8) is 0 Å². The van der Waals surface area contributed by atoms with Crippen molar-refractivity contribution >= 4 is 52.8 Å². The van der Waals surface area contributed by atoms with Gasteiger partial charge in [-0.2, -0.15) is 0 Å². The molecule has 11 heteroatoms. The van der Waals surface area contributed by atoms with Gasteiger partial charge in [-0.1, -0.05) is 11.8 Å². The summed E-state index contributed by atoms with van der Waals surface area (Å²) in [4.78, 5) is 4.46. The van der Waals surface area contributed by atoms with E-state index < -0.39 is 0 Å². The van der Waals surface area contributed by atoms with Gasteiger partial charge in [-0.25, -0.2) is 10.2 Å². The zero-order chi connectivity index (χ0) is 19.5. The van der Waals surface area contributed by atoms with Crippen molar-refractivity contribution in [1.82, 2.24) is 5.01 Å². The number of fused-ring (bicyclic) bond motifs is 1. The van der Waals surface area contributed by atoms with Crippen molar-refractivity contribution in [2.75, 3.05) is 19.5 Å². The number of nitrogens with zero attached hydrogens (tertiary/aromatic N) is 2. The van der Waals surface area contributed by atoms with Crippen LogP contribution in [0.15, 0.2) is 34.4 Å². The molecule has 3 unspecified atom stereocenters. The Morgan fingerprint density at radius 1 is 1.50 bits per heavy atom. The van der Waals surface area contributed by atoms with Crippen LogP contribution in [-0.4, -0.2) is 28.6 Å². The molecule has 1 aliphatic carbocycles. The summed E-state index contributed by atoms with van der Waals surface area (Å²) in [6.07, 6.45) is 2.55. The fourth-order valence-electron chi connectivity index (χ4n) is 3.12. The number of hydrogen-bond acceptors (Lipinski definition) is 8. The lowest BCUT2D eigenvalue weighted by Gasteiger charge is -2.28. The number of amidine groups is 1. The molecular formula is C15H21F2IN6S2. The first-order chi connectivity index (χ1) is 12.3. The molecule has 26 heavy (non-hydrogen) atoms. The van der Waals surface area contributed by atoms with Crippen LogP contribution in [0.5, 0.6) is 0 Å². The number of alkyl halides is 1. The maximum absolute atomic E-state index is 14.2. The maximum atomic E-state index is 14.2. The fourth-order valence-corrected chi connectivity index (χ4v) is 4.97. The van der Waals surface area contributed by atoms with E-state index in [1.54, 1.807) is 23.3 Å². The van der Waals surface area contributed by atoms with E-state index in [1.165, 1.54) is 26.8 Å². The Morgan fingerprint density at radius 3 is 2.85 bits per heavy atom. The van der Waals surface area contributed by atoms with Crippen LogP contribution in [0.1, 0.15) is 18.0 Å². The summed E-state index contributed by atoms with van der Waals surface area (Å²) in [5.74, 6) is 5.90. The largest absolute Gasteiger partial charge is 0.399 e. The lowest BCUT2D eigenvalue weighted by molar-refractivity contribution is 0.370. The summed E-state index contributed by atoms with van der Waals surface area (Å²) in [6.45, 7) is 0.566. The quantitative estimate of drug-likeness (QED) is 0.207. The van der Waals surface area contributed by atoms with Gasteiger partial charge in [0, 0.05) is 55.9 Å². The highest BCUT2D eigenvalue weighted by molar-refractivity contribution is 14.2. The predicted molar refractivity (Wildman–Crippen MR) is 115 cm³/mol. The summed E-state index contributed by atoms with van der Waals surface area (Å²) in [5, 5.41) is 2.64. The Bertz CT molecular complexity index is 719. The first-order valence-corrected chi connectivity index (χ1v) is 11.7. The molecular weight excluding hydrogens is 493 g/mol. The van der Waals surface area contributed by atoms with Crippen LogP contribution in [0.2, 0.25) is 0 Å². The third-order valence-electron chi connectivity index (χ3n) is 4.21. The molecule has 8 N–H and O–H groups in total. The molecule has 0 radical (unpaired) electrons. The molecule has 1 aromatic carbocycles. The second-order valence-corrected chi connectivity index (χ2v) is 9.33. The normalized spacial score (nSPS) is 27.0. The van der Waals surface area contributed by atoms with Gasteiger partial charge in [-0.05, 0) is 33.6 Å². The number of hydrogen-bond donors (Lipinski definition) is 4. The highest BCUT2D eigenvalue weighted by Gasteiger charge is 2.62. The van der Waals surface area contributed by atoms with E-state index in [9.17, 15) is 8.78 Å². The van der Waals surface area contributed by atoms with E-state index in [2.05, 4.69) is 26.2 Å². The smallest absolute Gasteiger partial charge is 0.155 e. The third-order valence-corrected chi connectivity index (χ3v) is 7.34. The third kappa shape index (κ3) is 4.67. The first-order valence-electron chi connectivity index (χ1n) is 7.57. The van der Waals surface area contributed by atoms with Gasteiger partial charge in [-0.3, -0.25) is 9.38 Å². The fraction of sp³-hybridized carbons (Fsp3) is 0.400. The van der Waals surface area contributed by atoms with Gasteiger partial charge in [0.05, 0.1) is 18.2 Å². The Kier molecular flexibility index (Phi) is 7.27. The Balaban J connectivity index is 0.00000117.